The molecule has 0 saturated heterocycles. The van der Waals surface area contributed by atoms with Crippen LogP contribution in [0.4, 0.5) is 0 Å². The molecule has 71 heavy (non-hydrogen) atoms. The summed E-state index contributed by atoms with van der Waals surface area (Å²) in [5, 5.41) is 25.0. The largest absolute Gasteiger partial charge is 0.456 e. The van der Waals surface area contributed by atoms with E-state index >= 15 is 0 Å². The fourth-order valence-electron chi connectivity index (χ4n) is 12.6. The molecule has 0 amide bonds. The van der Waals surface area contributed by atoms with Gasteiger partial charge in [0.05, 0.1) is 0 Å². The first-order valence-electron chi connectivity index (χ1n) is 24.6. The van der Waals surface area contributed by atoms with Crippen LogP contribution in [0.3, 0.4) is 0 Å². The predicted molar refractivity (Wildman–Crippen MR) is 304 cm³/mol. The third-order valence-electron chi connectivity index (χ3n) is 15.7. The van der Waals surface area contributed by atoms with Crippen molar-refractivity contribution < 1.29 is 4.42 Å². The zero-order chi connectivity index (χ0) is 46.3. The van der Waals surface area contributed by atoms with Crippen LogP contribution in [0.25, 0.3) is 163 Å². The van der Waals surface area contributed by atoms with Crippen molar-refractivity contribution in [1.29, 1.82) is 0 Å². The lowest BCUT2D eigenvalue weighted by atomic mass is 9.84. The van der Waals surface area contributed by atoms with E-state index in [0.717, 1.165) is 21.9 Å². The van der Waals surface area contributed by atoms with Crippen molar-refractivity contribution in [3.05, 3.63) is 243 Å². The second-order valence-electron chi connectivity index (χ2n) is 19.4. The highest BCUT2D eigenvalue weighted by Gasteiger charge is 2.20. The molecule has 15 aromatic carbocycles. The Bertz CT molecular complexity index is 4880. The average molecular weight is 897 g/mol. The Morgan fingerprint density at radius 3 is 1.31 bits per heavy atom. The number of benzene rings is 15. The van der Waals surface area contributed by atoms with Crippen molar-refractivity contribution >= 4 is 119 Å². The molecule has 0 aliphatic rings. The first kappa shape index (κ1) is 38.6. The summed E-state index contributed by atoms with van der Waals surface area (Å²) in [5.74, 6) is 0. The summed E-state index contributed by atoms with van der Waals surface area (Å²) in [6, 6.07) is 90.3. The van der Waals surface area contributed by atoms with Gasteiger partial charge < -0.3 is 4.42 Å². The number of hydrogen-bond acceptors (Lipinski definition) is 1. The normalized spacial score (nSPS) is 12.2. The molecule has 0 spiro atoms. The fourth-order valence-corrected chi connectivity index (χ4v) is 12.6. The quantitative estimate of drug-likeness (QED) is 0.127. The van der Waals surface area contributed by atoms with Crippen LogP contribution in [0.1, 0.15) is 0 Å². The molecule has 1 heteroatoms. The average Bonchev–Trinajstić information content (AvgIpc) is 3.80. The van der Waals surface area contributed by atoms with E-state index in [1.54, 1.807) is 0 Å². The minimum Gasteiger partial charge on any atom is -0.456 e. The second kappa shape index (κ2) is 14.6. The van der Waals surface area contributed by atoms with Gasteiger partial charge in [0.1, 0.15) is 11.2 Å². The van der Waals surface area contributed by atoms with Gasteiger partial charge in [0, 0.05) is 10.8 Å². The SMILES string of the molecule is c1cc(-c2c3ccccc3c(-c3ccc4ccccc4c3)c3ccccc23)cc(-c2ccc3ccc4c(-c5ccc6c(c5)c5ccccc5c5cc7c(cc65)oc5ccccc57)ccc5ccc2c3c54)c1. The van der Waals surface area contributed by atoms with Gasteiger partial charge in [-0.2, -0.15) is 0 Å². The van der Waals surface area contributed by atoms with Crippen molar-refractivity contribution in [2.45, 2.75) is 0 Å². The van der Waals surface area contributed by atoms with Gasteiger partial charge in [-0.1, -0.05) is 206 Å². The molecule has 0 atom stereocenters. The summed E-state index contributed by atoms with van der Waals surface area (Å²) in [4.78, 5) is 0. The minimum absolute atomic E-state index is 0.921. The minimum atomic E-state index is 0.921. The summed E-state index contributed by atoms with van der Waals surface area (Å²) in [6.07, 6.45) is 0. The molecule has 1 nitrogen and oxygen atoms in total. The van der Waals surface area contributed by atoms with Gasteiger partial charge in [0.15, 0.2) is 0 Å². The molecule has 0 aliphatic heterocycles. The van der Waals surface area contributed by atoms with Crippen molar-refractivity contribution in [3.8, 4) is 44.5 Å². The lowest BCUT2D eigenvalue weighted by Crippen LogP contribution is -1.92. The van der Waals surface area contributed by atoms with Crippen molar-refractivity contribution in [2.24, 2.45) is 0 Å². The van der Waals surface area contributed by atoms with E-state index in [1.807, 2.05) is 6.07 Å². The van der Waals surface area contributed by atoms with E-state index in [0.29, 0.717) is 0 Å². The molecular weight excluding hydrogens is 857 g/mol. The van der Waals surface area contributed by atoms with Crippen molar-refractivity contribution in [1.82, 2.24) is 0 Å². The molecule has 0 unspecified atom stereocenters. The maximum Gasteiger partial charge on any atom is 0.136 e. The highest BCUT2D eigenvalue weighted by atomic mass is 16.3. The van der Waals surface area contributed by atoms with Crippen LogP contribution in [0.5, 0.6) is 0 Å². The van der Waals surface area contributed by atoms with Gasteiger partial charge in [0.25, 0.3) is 0 Å². The molecule has 0 radical (unpaired) electrons. The van der Waals surface area contributed by atoms with Crippen LogP contribution >= 0.6 is 0 Å². The zero-order valence-electron chi connectivity index (χ0n) is 38.5. The molecule has 0 bridgehead atoms. The molecule has 0 aliphatic carbocycles. The lowest BCUT2D eigenvalue weighted by Gasteiger charge is -2.19. The third kappa shape index (κ3) is 5.57. The van der Waals surface area contributed by atoms with E-state index in [1.165, 1.54) is 141 Å². The second-order valence-corrected chi connectivity index (χ2v) is 19.4. The van der Waals surface area contributed by atoms with E-state index < -0.39 is 0 Å². The van der Waals surface area contributed by atoms with Gasteiger partial charge in [0.2, 0.25) is 0 Å². The molecule has 1 aromatic heterocycles. The summed E-state index contributed by atoms with van der Waals surface area (Å²) < 4.78 is 6.44. The van der Waals surface area contributed by atoms with Gasteiger partial charge in [-0.15, -0.1) is 0 Å². The number of rotatable bonds is 4. The first-order valence-corrected chi connectivity index (χ1v) is 24.6. The van der Waals surface area contributed by atoms with Gasteiger partial charge in [-0.25, -0.2) is 0 Å². The third-order valence-corrected chi connectivity index (χ3v) is 15.7. The van der Waals surface area contributed by atoms with Crippen LogP contribution in [-0.2, 0) is 0 Å². The Balaban J connectivity index is 0.864. The molecule has 1 heterocycles. The molecule has 0 fully saturated rings. The molecule has 0 N–H and O–H groups in total. The number of furan rings is 1. The van der Waals surface area contributed by atoms with E-state index in [2.05, 4.69) is 237 Å². The van der Waals surface area contributed by atoms with Crippen molar-refractivity contribution in [3.63, 3.8) is 0 Å². The standard InChI is InChI=1S/C70H40O/c1-2-13-44-36-48(25-24-41(44)12-1)68-57-21-7-5-19-55(57)67(56-20-6-8-22-58(56)68)47-15-11-14-45(37-47)49-31-26-42-29-35-60-50(32-27-43-28-34-59(49)69(42)70(43)60)46-30-33-53-61(38-46)51-16-3-4-17-52(51)62-39-64-54-18-9-10-23-65(54)71-66(64)40-63(53)62/h1-40H. The van der Waals surface area contributed by atoms with Gasteiger partial charge >= 0.3 is 0 Å². The van der Waals surface area contributed by atoms with Crippen LogP contribution in [0, 0.1) is 0 Å². The van der Waals surface area contributed by atoms with Crippen LogP contribution in [0.15, 0.2) is 247 Å². The number of para-hydroxylation sites is 1. The number of hydrogen-bond donors (Lipinski definition) is 0. The molecule has 16 aromatic rings. The summed E-state index contributed by atoms with van der Waals surface area (Å²) in [7, 11) is 0. The Kier molecular flexibility index (Phi) is 7.95. The van der Waals surface area contributed by atoms with E-state index in [-0.39, 0.29) is 0 Å². The molecule has 326 valence electrons. The molecule has 0 saturated carbocycles. The van der Waals surface area contributed by atoms with Crippen LogP contribution < -0.4 is 0 Å². The van der Waals surface area contributed by atoms with Crippen molar-refractivity contribution in [2.75, 3.05) is 0 Å². The topological polar surface area (TPSA) is 13.1 Å². The Labute approximate surface area is 408 Å². The van der Waals surface area contributed by atoms with Crippen LogP contribution in [-0.4, -0.2) is 0 Å². The Morgan fingerprint density at radius 1 is 0.197 bits per heavy atom. The zero-order valence-corrected chi connectivity index (χ0v) is 38.5. The monoisotopic (exact) mass is 896 g/mol. The Hall–Kier alpha value is -9.30. The lowest BCUT2D eigenvalue weighted by molar-refractivity contribution is 0.669. The molecule has 16 rings (SSSR count). The van der Waals surface area contributed by atoms with E-state index in [4.69, 9.17) is 4.42 Å². The van der Waals surface area contributed by atoms with E-state index in [9.17, 15) is 0 Å². The Morgan fingerprint density at radius 2 is 0.648 bits per heavy atom. The predicted octanol–water partition coefficient (Wildman–Crippen LogP) is 20.1. The first-order chi connectivity index (χ1) is 35.2. The summed E-state index contributed by atoms with van der Waals surface area (Å²) >= 11 is 0. The summed E-state index contributed by atoms with van der Waals surface area (Å²) in [5.41, 5.74) is 11.7. The maximum atomic E-state index is 6.44. The fraction of sp³-hybridized carbons (Fsp3) is 0. The highest BCUT2D eigenvalue weighted by Crippen LogP contribution is 2.48. The highest BCUT2D eigenvalue weighted by molar-refractivity contribution is 6.31. The van der Waals surface area contributed by atoms with Gasteiger partial charge in [-0.05, 0) is 178 Å². The smallest absolute Gasteiger partial charge is 0.136 e. The number of fused-ring (bicyclic) bond motifs is 12. The maximum absolute atomic E-state index is 6.44. The molecular formula is C70H40O. The van der Waals surface area contributed by atoms with Crippen LogP contribution in [0.2, 0.25) is 0 Å². The van der Waals surface area contributed by atoms with Gasteiger partial charge in [-0.3, -0.25) is 0 Å². The summed E-state index contributed by atoms with van der Waals surface area (Å²) in [6.45, 7) is 0.